The molecule has 21 heavy (non-hydrogen) atoms. The van der Waals surface area contributed by atoms with Crippen LogP contribution in [-0.2, 0) is 13.1 Å². The molecule has 2 N–H and O–H groups in total. The molecule has 1 heterocycles. The van der Waals surface area contributed by atoms with Gasteiger partial charge in [0.05, 0.1) is 5.56 Å². The molecule has 0 spiro atoms. The Morgan fingerprint density at radius 2 is 1.71 bits per heavy atom. The van der Waals surface area contributed by atoms with Crippen LogP contribution in [0, 0.1) is 0 Å². The normalized spacial score (nSPS) is 10.9. The fraction of sp³-hybridized carbons (Fsp3) is 0.118. The van der Waals surface area contributed by atoms with Crippen LogP contribution in [0.5, 0.6) is 5.75 Å². The number of hydrogen-bond donors (Lipinski definition) is 2. The second kappa shape index (κ2) is 5.81. The van der Waals surface area contributed by atoms with Crippen molar-refractivity contribution in [3.63, 3.8) is 0 Å². The van der Waals surface area contributed by atoms with Crippen molar-refractivity contribution in [3.05, 3.63) is 76.1 Å². The van der Waals surface area contributed by atoms with Gasteiger partial charge in [-0.05, 0) is 23.8 Å². The minimum Gasteiger partial charge on any atom is -0.507 e. The van der Waals surface area contributed by atoms with Crippen LogP contribution in [-0.4, -0.2) is 5.11 Å². The van der Waals surface area contributed by atoms with Gasteiger partial charge in [0.1, 0.15) is 11.3 Å². The van der Waals surface area contributed by atoms with Crippen molar-refractivity contribution in [3.8, 4) is 5.75 Å². The Labute approximate surface area is 121 Å². The maximum Gasteiger partial charge on any atom is 0.336 e. The van der Waals surface area contributed by atoms with E-state index in [1.165, 1.54) is 6.07 Å². The van der Waals surface area contributed by atoms with E-state index in [1.807, 2.05) is 30.3 Å². The average Bonchev–Trinajstić information content (AvgIpc) is 2.50. The van der Waals surface area contributed by atoms with Crippen LogP contribution in [0.25, 0.3) is 11.0 Å². The van der Waals surface area contributed by atoms with E-state index in [0.29, 0.717) is 24.2 Å². The molecule has 0 saturated heterocycles. The second-order valence-corrected chi connectivity index (χ2v) is 4.83. The van der Waals surface area contributed by atoms with Crippen LogP contribution in [0.3, 0.4) is 0 Å². The molecule has 3 rings (SSSR count). The lowest BCUT2D eigenvalue weighted by molar-refractivity contribution is 0.460. The van der Waals surface area contributed by atoms with E-state index in [4.69, 9.17) is 4.42 Å². The van der Waals surface area contributed by atoms with Gasteiger partial charge >= 0.3 is 5.63 Å². The summed E-state index contributed by atoms with van der Waals surface area (Å²) in [6, 6.07) is 16.4. The van der Waals surface area contributed by atoms with E-state index in [1.54, 1.807) is 18.2 Å². The van der Waals surface area contributed by atoms with Gasteiger partial charge in [-0.1, -0.05) is 30.3 Å². The van der Waals surface area contributed by atoms with Crippen molar-refractivity contribution in [2.24, 2.45) is 0 Å². The molecular formula is C17H15NO3. The highest BCUT2D eigenvalue weighted by Crippen LogP contribution is 2.26. The molecule has 0 unspecified atom stereocenters. The first-order valence-corrected chi connectivity index (χ1v) is 6.73. The van der Waals surface area contributed by atoms with Gasteiger partial charge in [0.15, 0.2) is 0 Å². The molecule has 0 aliphatic carbocycles. The molecule has 0 radical (unpaired) electrons. The van der Waals surface area contributed by atoms with Gasteiger partial charge in [0.2, 0.25) is 0 Å². The van der Waals surface area contributed by atoms with E-state index < -0.39 is 5.63 Å². The minimum atomic E-state index is -0.419. The van der Waals surface area contributed by atoms with Crippen molar-refractivity contribution < 1.29 is 9.52 Å². The first-order chi connectivity index (χ1) is 10.2. The molecule has 1 aromatic heterocycles. The molecule has 3 aromatic rings. The average molecular weight is 281 g/mol. The molecule has 0 fully saturated rings. The third kappa shape index (κ3) is 2.95. The highest BCUT2D eigenvalue weighted by atomic mass is 16.4. The number of nitrogens with one attached hydrogen (secondary N) is 1. The predicted molar refractivity (Wildman–Crippen MR) is 81.1 cm³/mol. The quantitative estimate of drug-likeness (QED) is 0.722. The Morgan fingerprint density at radius 1 is 0.952 bits per heavy atom. The summed E-state index contributed by atoms with van der Waals surface area (Å²) in [7, 11) is 0. The standard InChI is InChI=1S/C17H15NO3/c19-15-8-6-13-7-9-16(20)21-17(13)14(15)11-18-10-12-4-2-1-3-5-12/h1-9,18-19H,10-11H2. The Bertz CT molecular complexity index is 809. The minimum absolute atomic E-state index is 0.123. The number of rotatable bonds is 4. The summed E-state index contributed by atoms with van der Waals surface area (Å²) in [5.41, 5.74) is 1.76. The largest absolute Gasteiger partial charge is 0.507 e. The molecule has 4 nitrogen and oxygen atoms in total. The van der Waals surface area contributed by atoms with Gasteiger partial charge in [0, 0.05) is 24.5 Å². The number of fused-ring (bicyclic) bond motifs is 1. The first-order valence-electron chi connectivity index (χ1n) is 6.73. The van der Waals surface area contributed by atoms with Crippen molar-refractivity contribution in [1.82, 2.24) is 5.32 Å². The molecule has 0 bridgehead atoms. The lowest BCUT2D eigenvalue weighted by atomic mass is 10.1. The fourth-order valence-corrected chi connectivity index (χ4v) is 2.28. The molecule has 0 aliphatic heterocycles. The molecular weight excluding hydrogens is 266 g/mol. The molecule has 4 heteroatoms. The zero-order valence-corrected chi connectivity index (χ0v) is 11.4. The number of aromatic hydroxyl groups is 1. The van der Waals surface area contributed by atoms with E-state index in [-0.39, 0.29) is 5.75 Å². The van der Waals surface area contributed by atoms with E-state index in [0.717, 1.165) is 10.9 Å². The summed E-state index contributed by atoms with van der Waals surface area (Å²) in [5, 5.41) is 14.0. The Hall–Kier alpha value is -2.59. The summed E-state index contributed by atoms with van der Waals surface area (Å²) in [6.07, 6.45) is 0. The Balaban J connectivity index is 1.84. The van der Waals surface area contributed by atoms with Gasteiger partial charge in [-0.3, -0.25) is 0 Å². The summed E-state index contributed by atoms with van der Waals surface area (Å²) in [6.45, 7) is 1.10. The molecule has 2 aromatic carbocycles. The van der Waals surface area contributed by atoms with Gasteiger partial charge in [-0.2, -0.15) is 0 Å². The van der Waals surface area contributed by atoms with Gasteiger partial charge in [-0.25, -0.2) is 4.79 Å². The fourth-order valence-electron chi connectivity index (χ4n) is 2.28. The maximum atomic E-state index is 11.4. The zero-order chi connectivity index (χ0) is 14.7. The molecule has 0 saturated carbocycles. The van der Waals surface area contributed by atoms with Gasteiger partial charge < -0.3 is 14.8 Å². The van der Waals surface area contributed by atoms with Crippen LogP contribution >= 0.6 is 0 Å². The lowest BCUT2D eigenvalue weighted by Gasteiger charge is -2.09. The summed E-state index contributed by atoms with van der Waals surface area (Å²) in [4.78, 5) is 11.4. The number of phenolic OH excluding ortho intramolecular Hbond substituents is 1. The first kappa shape index (κ1) is 13.4. The smallest absolute Gasteiger partial charge is 0.336 e. The topological polar surface area (TPSA) is 62.5 Å². The zero-order valence-electron chi connectivity index (χ0n) is 11.4. The number of benzene rings is 2. The van der Waals surface area contributed by atoms with Crippen LogP contribution in [0.1, 0.15) is 11.1 Å². The molecule has 106 valence electrons. The SMILES string of the molecule is O=c1ccc2ccc(O)c(CNCc3ccccc3)c2o1. The predicted octanol–water partition coefficient (Wildman–Crippen LogP) is 2.79. The van der Waals surface area contributed by atoms with Crippen molar-refractivity contribution in [2.45, 2.75) is 13.1 Å². The number of hydrogen-bond acceptors (Lipinski definition) is 4. The molecule has 0 amide bonds. The van der Waals surface area contributed by atoms with Crippen LogP contribution in [0.2, 0.25) is 0 Å². The summed E-state index contributed by atoms with van der Waals surface area (Å²) < 4.78 is 5.22. The van der Waals surface area contributed by atoms with Crippen molar-refractivity contribution in [2.75, 3.05) is 0 Å². The summed E-state index contributed by atoms with van der Waals surface area (Å²) >= 11 is 0. The Morgan fingerprint density at radius 3 is 2.52 bits per heavy atom. The van der Waals surface area contributed by atoms with Crippen molar-refractivity contribution >= 4 is 11.0 Å². The second-order valence-electron chi connectivity index (χ2n) is 4.83. The van der Waals surface area contributed by atoms with Crippen molar-refractivity contribution in [1.29, 1.82) is 0 Å². The van der Waals surface area contributed by atoms with E-state index in [9.17, 15) is 9.90 Å². The van der Waals surface area contributed by atoms with Crippen LogP contribution in [0.4, 0.5) is 0 Å². The molecule has 0 aliphatic rings. The lowest BCUT2D eigenvalue weighted by Crippen LogP contribution is -2.13. The Kier molecular flexibility index (Phi) is 3.71. The van der Waals surface area contributed by atoms with Gasteiger partial charge in [-0.15, -0.1) is 0 Å². The van der Waals surface area contributed by atoms with Crippen LogP contribution < -0.4 is 10.9 Å². The highest BCUT2D eigenvalue weighted by Gasteiger charge is 2.09. The van der Waals surface area contributed by atoms with E-state index in [2.05, 4.69) is 5.32 Å². The molecule has 0 atom stereocenters. The number of phenols is 1. The van der Waals surface area contributed by atoms with Crippen LogP contribution in [0.15, 0.2) is 63.8 Å². The van der Waals surface area contributed by atoms with E-state index >= 15 is 0 Å². The van der Waals surface area contributed by atoms with Gasteiger partial charge in [0.25, 0.3) is 0 Å². The third-order valence-corrected chi connectivity index (χ3v) is 3.34. The monoisotopic (exact) mass is 281 g/mol. The third-order valence-electron chi connectivity index (χ3n) is 3.34. The maximum absolute atomic E-state index is 11.4. The summed E-state index contributed by atoms with van der Waals surface area (Å²) in [5.74, 6) is 0.123. The highest BCUT2D eigenvalue weighted by molar-refractivity contribution is 5.81.